The Labute approximate surface area is 69.5 Å². The lowest BCUT2D eigenvalue weighted by Crippen LogP contribution is -2.01. The van der Waals surface area contributed by atoms with Crippen LogP contribution in [0, 0.1) is 16.0 Å². The van der Waals surface area contributed by atoms with E-state index in [0.717, 1.165) is 5.57 Å². The maximum atomic E-state index is 10.5. The second-order valence-corrected chi connectivity index (χ2v) is 2.73. The van der Waals surface area contributed by atoms with E-state index in [1.165, 1.54) is 0 Å². The first-order chi connectivity index (χ1) is 5.79. The van der Waals surface area contributed by atoms with Crippen LogP contribution >= 0.6 is 0 Å². The predicted octanol–water partition coefficient (Wildman–Crippen LogP) is 1.83. The van der Waals surface area contributed by atoms with Gasteiger partial charge < -0.3 is 0 Å². The number of rotatable bonds is 1. The lowest BCUT2D eigenvalue weighted by Gasteiger charge is -2.05. The summed E-state index contributed by atoms with van der Waals surface area (Å²) in [6.45, 7) is 0. The van der Waals surface area contributed by atoms with Crippen LogP contribution in [0.1, 0.15) is 0 Å². The lowest BCUT2D eigenvalue weighted by atomic mass is 9.98. The Balaban J connectivity index is 2.46. The van der Waals surface area contributed by atoms with Crippen molar-refractivity contribution in [3.05, 3.63) is 57.8 Å². The van der Waals surface area contributed by atoms with E-state index < -0.39 is 0 Å². The van der Waals surface area contributed by atoms with Gasteiger partial charge in [-0.2, -0.15) is 0 Å². The summed E-state index contributed by atoms with van der Waals surface area (Å²) in [5.74, 6) is 0.121. The zero-order valence-electron chi connectivity index (χ0n) is 6.31. The van der Waals surface area contributed by atoms with Crippen LogP contribution < -0.4 is 0 Å². The topological polar surface area (TPSA) is 43.1 Å². The molecule has 2 rings (SSSR count). The van der Waals surface area contributed by atoms with E-state index >= 15 is 0 Å². The standard InChI is InChI=1S/C9H7NO2/c11-10(12)9-6-5-7-3-1-2-4-8(7)9/h1-7H. The Bertz CT molecular complexity index is 348. The molecule has 3 nitrogen and oxygen atoms in total. The molecule has 3 heteroatoms. The van der Waals surface area contributed by atoms with Gasteiger partial charge in [0.2, 0.25) is 0 Å². The van der Waals surface area contributed by atoms with Gasteiger partial charge in [-0.15, -0.1) is 0 Å². The van der Waals surface area contributed by atoms with Crippen LogP contribution in [0.15, 0.2) is 47.7 Å². The van der Waals surface area contributed by atoms with Crippen LogP contribution in [-0.2, 0) is 0 Å². The highest BCUT2D eigenvalue weighted by Gasteiger charge is 2.25. The van der Waals surface area contributed by atoms with Crippen molar-refractivity contribution < 1.29 is 4.92 Å². The zero-order valence-corrected chi connectivity index (χ0v) is 6.31. The summed E-state index contributed by atoms with van der Waals surface area (Å²) in [6, 6.07) is 0. The van der Waals surface area contributed by atoms with Gasteiger partial charge in [0, 0.05) is 17.6 Å². The fraction of sp³-hybridized carbons (Fsp3) is 0.111. The number of nitrogens with zero attached hydrogens (tertiary/aromatic N) is 1. The second kappa shape index (κ2) is 2.44. The van der Waals surface area contributed by atoms with Crippen molar-refractivity contribution in [1.82, 2.24) is 0 Å². The summed E-state index contributed by atoms with van der Waals surface area (Å²) in [6.07, 6.45) is 10.9. The van der Waals surface area contributed by atoms with E-state index in [0.29, 0.717) is 0 Å². The average molecular weight is 161 g/mol. The summed E-state index contributed by atoms with van der Waals surface area (Å²) in [7, 11) is 0. The molecular weight excluding hydrogens is 154 g/mol. The molecule has 0 N–H and O–H groups in total. The minimum Gasteiger partial charge on any atom is -0.258 e. The van der Waals surface area contributed by atoms with Crippen molar-refractivity contribution in [2.45, 2.75) is 0 Å². The van der Waals surface area contributed by atoms with E-state index in [1.54, 1.807) is 12.2 Å². The maximum absolute atomic E-state index is 10.5. The fourth-order valence-corrected chi connectivity index (χ4v) is 1.44. The van der Waals surface area contributed by atoms with Crippen LogP contribution in [0.25, 0.3) is 0 Å². The first-order valence-corrected chi connectivity index (χ1v) is 3.70. The molecule has 0 bridgehead atoms. The van der Waals surface area contributed by atoms with Crippen LogP contribution in [0.4, 0.5) is 0 Å². The lowest BCUT2D eigenvalue weighted by molar-refractivity contribution is -0.419. The molecule has 60 valence electrons. The monoisotopic (exact) mass is 161 g/mol. The van der Waals surface area contributed by atoms with Gasteiger partial charge in [0.05, 0.1) is 4.92 Å². The normalized spacial score (nSPS) is 24.8. The Morgan fingerprint density at radius 2 is 2.08 bits per heavy atom. The van der Waals surface area contributed by atoms with Crippen molar-refractivity contribution in [3.8, 4) is 0 Å². The molecule has 0 saturated heterocycles. The number of hydrogen-bond acceptors (Lipinski definition) is 2. The fourth-order valence-electron chi connectivity index (χ4n) is 1.44. The zero-order chi connectivity index (χ0) is 8.55. The van der Waals surface area contributed by atoms with Gasteiger partial charge in [-0.1, -0.05) is 30.4 Å². The summed E-state index contributed by atoms with van der Waals surface area (Å²) in [5.41, 5.74) is 1.02. The highest BCUT2D eigenvalue weighted by Crippen LogP contribution is 2.29. The van der Waals surface area contributed by atoms with Gasteiger partial charge >= 0.3 is 0 Å². The van der Waals surface area contributed by atoms with Crippen LogP contribution in [0.5, 0.6) is 0 Å². The number of nitro groups is 1. The molecule has 0 fully saturated rings. The van der Waals surface area contributed by atoms with Gasteiger partial charge in [-0.25, -0.2) is 0 Å². The number of hydrogen-bond donors (Lipinski definition) is 0. The SMILES string of the molecule is O=[N+]([O-])C1=C2C=CC=CC2C=C1. The summed E-state index contributed by atoms with van der Waals surface area (Å²) >= 11 is 0. The summed E-state index contributed by atoms with van der Waals surface area (Å²) in [5, 5.41) is 10.5. The maximum Gasteiger partial charge on any atom is 0.273 e. The molecule has 0 aliphatic heterocycles. The van der Waals surface area contributed by atoms with Crippen molar-refractivity contribution in [1.29, 1.82) is 0 Å². The van der Waals surface area contributed by atoms with Gasteiger partial charge in [-0.05, 0) is 0 Å². The van der Waals surface area contributed by atoms with Crippen molar-refractivity contribution in [3.63, 3.8) is 0 Å². The third-order valence-corrected chi connectivity index (χ3v) is 2.02. The molecule has 0 radical (unpaired) electrons. The van der Waals surface area contributed by atoms with E-state index in [2.05, 4.69) is 0 Å². The summed E-state index contributed by atoms with van der Waals surface area (Å²) in [4.78, 5) is 10.2. The first-order valence-electron chi connectivity index (χ1n) is 3.70. The van der Waals surface area contributed by atoms with E-state index in [1.807, 2.05) is 24.3 Å². The molecule has 0 heterocycles. The van der Waals surface area contributed by atoms with Gasteiger partial charge in [0.15, 0.2) is 0 Å². The van der Waals surface area contributed by atoms with Crippen LogP contribution in [0.2, 0.25) is 0 Å². The van der Waals surface area contributed by atoms with E-state index in [4.69, 9.17) is 0 Å². The molecule has 0 aromatic heterocycles. The molecule has 2 aliphatic rings. The number of allylic oxidation sites excluding steroid dienone is 7. The molecule has 0 aromatic carbocycles. The quantitative estimate of drug-likeness (QED) is 0.435. The largest absolute Gasteiger partial charge is 0.273 e. The first kappa shape index (κ1) is 7.03. The molecule has 2 aliphatic carbocycles. The second-order valence-electron chi connectivity index (χ2n) is 2.73. The molecule has 12 heavy (non-hydrogen) atoms. The highest BCUT2D eigenvalue weighted by molar-refractivity contribution is 5.45. The summed E-state index contributed by atoms with van der Waals surface area (Å²) < 4.78 is 0. The van der Waals surface area contributed by atoms with Gasteiger partial charge in [-0.3, -0.25) is 10.1 Å². The molecule has 0 saturated carbocycles. The Morgan fingerprint density at radius 3 is 2.83 bits per heavy atom. The van der Waals surface area contributed by atoms with Crippen molar-refractivity contribution >= 4 is 0 Å². The molecule has 0 amide bonds. The minimum atomic E-state index is -0.338. The number of fused-ring (bicyclic) bond motifs is 1. The van der Waals surface area contributed by atoms with E-state index in [-0.39, 0.29) is 16.5 Å². The molecular formula is C9H7NO2. The van der Waals surface area contributed by atoms with Crippen LogP contribution in [-0.4, -0.2) is 4.92 Å². The van der Waals surface area contributed by atoms with Crippen molar-refractivity contribution in [2.24, 2.45) is 5.92 Å². The predicted molar refractivity (Wildman–Crippen MR) is 44.9 cm³/mol. The van der Waals surface area contributed by atoms with Crippen LogP contribution in [0.3, 0.4) is 0 Å². The third kappa shape index (κ3) is 0.906. The van der Waals surface area contributed by atoms with E-state index in [9.17, 15) is 10.1 Å². The average Bonchev–Trinajstić information content (AvgIpc) is 2.47. The van der Waals surface area contributed by atoms with Gasteiger partial charge in [0.1, 0.15) is 0 Å². The minimum absolute atomic E-state index is 0.121. The Morgan fingerprint density at radius 1 is 1.25 bits per heavy atom. The van der Waals surface area contributed by atoms with Gasteiger partial charge in [0.25, 0.3) is 5.70 Å². The Hall–Kier alpha value is -1.64. The molecule has 1 atom stereocenters. The molecule has 1 unspecified atom stereocenters. The Kier molecular flexibility index (Phi) is 1.43. The third-order valence-electron chi connectivity index (χ3n) is 2.02. The molecule has 0 spiro atoms. The smallest absolute Gasteiger partial charge is 0.258 e. The van der Waals surface area contributed by atoms with Crippen molar-refractivity contribution in [2.75, 3.05) is 0 Å². The molecule has 0 aromatic rings. The highest BCUT2D eigenvalue weighted by atomic mass is 16.6.